The summed E-state index contributed by atoms with van der Waals surface area (Å²) in [5.74, 6) is -3.52. The lowest BCUT2D eigenvalue weighted by Gasteiger charge is -2.49. The van der Waals surface area contributed by atoms with E-state index < -0.39 is 64.7 Å². The van der Waals surface area contributed by atoms with E-state index in [0.29, 0.717) is 26.7 Å². The van der Waals surface area contributed by atoms with Crippen molar-refractivity contribution in [3.63, 3.8) is 0 Å². The van der Waals surface area contributed by atoms with E-state index in [9.17, 15) is 37.5 Å². The molecule has 0 unspecified atom stereocenters. The number of carboxylic acids is 1. The van der Waals surface area contributed by atoms with E-state index in [-0.39, 0.29) is 22.9 Å². The molecule has 2 aliphatic rings. The maximum Gasteiger partial charge on any atom is 0.448 e. The molecule has 0 bridgehead atoms. The third-order valence-corrected chi connectivity index (χ3v) is 15.4. The number of hydrogen-bond acceptors (Lipinski definition) is 12. The highest BCUT2D eigenvalue weighted by atomic mass is 32.2. The lowest BCUT2D eigenvalue weighted by Crippen LogP contribution is -2.71. The van der Waals surface area contributed by atoms with E-state index in [4.69, 9.17) is 14.6 Å². The second-order valence-corrected chi connectivity index (χ2v) is 19.7. The number of thiazole rings is 1. The number of amides is 2. The number of nitrogens with zero attached hydrogens (tertiary/aromatic N) is 4. The van der Waals surface area contributed by atoms with E-state index >= 15 is 0 Å². The van der Waals surface area contributed by atoms with Crippen molar-refractivity contribution >= 4 is 69.5 Å². The first-order valence-electron chi connectivity index (χ1n) is 22.6. The summed E-state index contributed by atoms with van der Waals surface area (Å²) < 4.78 is 45.1. The number of β-lactam (4-membered cyclic amide) rings is 1. The topological polar surface area (TPSA) is 163 Å². The number of carboxylic acid groups (broad SMARTS) is 1. The Morgan fingerprint density at radius 3 is 1.78 bits per heavy atom. The summed E-state index contributed by atoms with van der Waals surface area (Å²) in [5.41, 5.74) is 0.0503. The molecule has 4 heterocycles. The predicted octanol–water partition coefficient (Wildman–Crippen LogP) is 8.77. The highest BCUT2D eigenvalue weighted by Gasteiger charge is 2.55. The Bertz CT molecular complexity index is 3030. The molecular formula is C54H44F3N6O7S3+. The number of halogens is 3. The van der Waals surface area contributed by atoms with Gasteiger partial charge in [0.1, 0.15) is 28.3 Å². The number of esters is 1. The van der Waals surface area contributed by atoms with Crippen molar-refractivity contribution < 1.29 is 51.6 Å². The van der Waals surface area contributed by atoms with Gasteiger partial charge in [0.15, 0.2) is 23.2 Å². The van der Waals surface area contributed by atoms with Crippen LogP contribution in [0.3, 0.4) is 0 Å². The molecule has 73 heavy (non-hydrogen) atoms. The van der Waals surface area contributed by atoms with Crippen molar-refractivity contribution in [1.29, 1.82) is 0 Å². The summed E-state index contributed by atoms with van der Waals surface area (Å²) in [6, 6.07) is 48.3. The van der Waals surface area contributed by atoms with E-state index in [2.05, 4.69) is 15.8 Å². The number of benzene rings is 5. The molecule has 2 amide bonds. The number of fused-ring (bicyclic) bond motifs is 1. The summed E-state index contributed by atoms with van der Waals surface area (Å²) in [4.78, 5) is 69.1. The van der Waals surface area contributed by atoms with E-state index in [1.54, 1.807) is 66.0 Å². The fourth-order valence-electron chi connectivity index (χ4n) is 8.76. The van der Waals surface area contributed by atoms with Crippen LogP contribution in [0.5, 0.6) is 0 Å². The number of anilines is 1. The van der Waals surface area contributed by atoms with E-state index in [1.807, 2.05) is 91.0 Å². The third kappa shape index (κ3) is 10.3. The number of alkyl halides is 3. The van der Waals surface area contributed by atoms with Crippen LogP contribution >= 0.6 is 34.9 Å². The molecule has 0 radical (unpaired) electrons. The molecule has 19 heteroatoms. The molecule has 370 valence electrons. The molecule has 2 aromatic heterocycles. The molecular weight excluding hydrogens is 998 g/mol. The molecule has 2 aliphatic heterocycles. The Labute approximate surface area is 429 Å². The Hall–Kier alpha value is -7.74. The summed E-state index contributed by atoms with van der Waals surface area (Å²) >= 11 is 3.64. The SMILES string of the molecule is COC(=O)C(O/N=C(\C(=O)N[C@@H]1C(=O)N2C(C(=O)O)=C(CSc3cc[n+](CC(F)(F)F)cc3)CS[C@H]12)c1csc(NC(c2ccccc2)(c2ccccc2)c2ccccc2)n1)(c1ccccc1)c1ccccc1. The summed E-state index contributed by atoms with van der Waals surface area (Å²) in [6.07, 6.45) is -1.82. The average molecular weight is 1040 g/mol. The van der Waals surface area contributed by atoms with Gasteiger partial charge in [0.25, 0.3) is 17.4 Å². The van der Waals surface area contributed by atoms with Crippen molar-refractivity contribution in [2.24, 2.45) is 5.16 Å². The molecule has 0 spiro atoms. The minimum atomic E-state index is -4.40. The van der Waals surface area contributed by atoms with E-state index in [0.717, 1.165) is 26.2 Å². The number of carbonyl (C=O) groups is 4. The van der Waals surface area contributed by atoms with Crippen LogP contribution in [0.4, 0.5) is 18.3 Å². The van der Waals surface area contributed by atoms with Crippen LogP contribution < -0.4 is 15.2 Å². The predicted molar refractivity (Wildman–Crippen MR) is 271 cm³/mol. The van der Waals surface area contributed by atoms with Crippen molar-refractivity contribution in [3.8, 4) is 0 Å². The van der Waals surface area contributed by atoms with Gasteiger partial charge >= 0.3 is 18.1 Å². The van der Waals surface area contributed by atoms with Crippen LogP contribution in [0.1, 0.15) is 33.5 Å². The Kier molecular flexibility index (Phi) is 14.8. The lowest BCUT2D eigenvalue weighted by molar-refractivity contribution is -0.719. The number of pyridine rings is 1. The quantitative estimate of drug-likeness (QED) is 0.0143. The fraction of sp³-hybridized carbons (Fsp3) is 0.167. The number of rotatable bonds is 18. The van der Waals surface area contributed by atoms with Crippen LogP contribution in [0.15, 0.2) is 203 Å². The number of hydrogen-bond donors (Lipinski definition) is 3. The standard InChI is InChI=1S/C54H43F3N6O7S3/c1-69-50(68)54(39-23-13-5-14-24-39,40-25-15-6-16-26-40)70-61-43(42-33-73-51(58-42)60-53(36-17-7-2-8-18-36,37-19-9-3-10-20-37)38-21-11-4-12-22-38)46(64)59-44-47(65)63-45(49(66)67)35(32-72-48(44)63)31-71-41-27-29-62(30-28-41)34-52(55,56)57/h2-30,33,44,48H,31-32,34H2,1H3,(H2-,58,59,60,64,66,67)/p+1/b61-43-/t44-,48-/m1/s1. The molecule has 2 atom stereocenters. The highest BCUT2D eigenvalue weighted by molar-refractivity contribution is 8.01. The Morgan fingerprint density at radius 2 is 1.30 bits per heavy atom. The van der Waals surface area contributed by atoms with Crippen molar-refractivity contribution in [2.45, 2.75) is 40.2 Å². The van der Waals surface area contributed by atoms with Gasteiger partial charge in [-0.15, -0.1) is 34.9 Å². The van der Waals surface area contributed by atoms with Crippen molar-refractivity contribution in [3.05, 3.63) is 226 Å². The normalized spacial score (nSPS) is 16.0. The van der Waals surface area contributed by atoms with Crippen molar-refractivity contribution in [2.75, 3.05) is 23.9 Å². The van der Waals surface area contributed by atoms with Gasteiger partial charge in [0.2, 0.25) is 6.54 Å². The lowest BCUT2D eigenvalue weighted by atomic mass is 9.77. The Balaban J connectivity index is 1.07. The zero-order valence-corrected chi connectivity index (χ0v) is 41.1. The van der Waals surface area contributed by atoms with E-state index in [1.165, 1.54) is 66.5 Å². The maximum atomic E-state index is 14.9. The van der Waals surface area contributed by atoms with Gasteiger partial charge < -0.3 is 25.3 Å². The van der Waals surface area contributed by atoms with Gasteiger partial charge in [-0.1, -0.05) is 157 Å². The summed E-state index contributed by atoms with van der Waals surface area (Å²) in [5, 5.41) is 22.5. The Morgan fingerprint density at radius 1 is 0.795 bits per heavy atom. The largest absolute Gasteiger partial charge is 0.477 e. The summed E-state index contributed by atoms with van der Waals surface area (Å²) in [7, 11) is 1.21. The number of aromatic nitrogens is 2. The minimum absolute atomic E-state index is 0.0168. The fourth-order valence-corrected chi connectivity index (χ4v) is 11.9. The zero-order valence-electron chi connectivity index (χ0n) is 38.6. The summed E-state index contributed by atoms with van der Waals surface area (Å²) in [6.45, 7) is -1.16. The molecule has 0 saturated carbocycles. The van der Waals surface area contributed by atoms with Crippen LogP contribution in [0.25, 0.3) is 0 Å². The number of aliphatic carboxylic acids is 1. The number of ether oxygens (including phenoxy) is 1. The van der Waals surface area contributed by atoms with Crippen molar-refractivity contribution in [1.82, 2.24) is 15.2 Å². The number of carbonyl (C=O) groups excluding carboxylic acids is 3. The first-order chi connectivity index (χ1) is 35.3. The maximum absolute atomic E-state index is 14.9. The van der Waals surface area contributed by atoms with Gasteiger partial charge in [0, 0.05) is 45.0 Å². The van der Waals surface area contributed by atoms with Gasteiger partial charge in [-0.05, 0) is 22.3 Å². The first kappa shape index (κ1) is 50.2. The van der Waals surface area contributed by atoms with Gasteiger partial charge in [-0.3, -0.25) is 14.5 Å². The zero-order chi connectivity index (χ0) is 51.2. The number of methoxy groups -OCH3 is 1. The van der Waals surface area contributed by atoms with Gasteiger partial charge in [-0.25, -0.2) is 14.6 Å². The molecule has 5 aromatic carbocycles. The molecule has 13 nitrogen and oxygen atoms in total. The molecule has 3 N–H and O–H groups in total. The molecule has 1 fully saturated rings. The van der Waals surface area contributed by atoms with Crippen LogP contribution in [-0.4, -0.2) is 80.7 Å². The second kappa shape index (κ2) is 21.5. The van der Waals surface area contributed by atoms with Crippen LogP contribution in [0.2, 0.25) is 0 Å². The molecule has 0 aliphatic carbocycles. The van der Waals surface area contributed by atoms with Gasteiger partial charge in [-0.2, -0.15) is 17.7 Å². The number of oxime groups is 1. The second-order valence-electron chi connectivity index (χ2n) is 16.7. The van der Waals surface area contributed by atoms with Crippen LogP contribution in [0, 0.1) is 0 Å². The molecule has 1 saturated heterocycles. The minimum Gasteiger partial charge on any atom is -0.477 e. The molecule has 7 aromatic rings. The third-order valence-electron chi connectivity index (χ3n) is 12.2. The number of nitrogens with one attached hydrogen (secondary N) is 2. The smallest absolute Gasteiger partial charge is 0.448 e. The van der Waals surface area contributed by atoms with Gasteiger partial charge in [0.05, 0.1) is 7.11 Å². The average Bonchev–Trinajstić information content (AvgIpc) is 3.88. The monoisotopic (exact) mass is 1040 g/mol. The highest BCUT2D eigenvalue weighted by Crippen LogP contribution is 2.43. The molecule has 9 rings (SSSR count). The first-order valence-corrected chi connectivity index (χ1v) is 25.5. The van der Waals surface area contributed by atoms with Crippen LogP contribution in [-0.2, 0) is 46.4 Å². The number of thioether (sulfide) groups is 2.